The highest BCUT2D eigenvalue weighted by Crippen LogP contribution is 2.29. The number of hydrogen-bond acceptors (Lipinski definition) is 3. The first kappa shape index (κ1) is 11.3. The van der Waals surface area contributed by atoms with Crippen molar-refractivity contribution in [1.29, 1.82) is 0 Å². The third-order valence-corrected chi connectivity index (χ3v) is 3.15. The van der Waals surface area contributed by atoms with Crippen LogP contribution in [0.2, 0.25) is 0 Å². The Balaban J connectivity index is 2.37. The second-order valence-corrected chi connectivity index (χ2v) is 4.36. The van der Waals surface area contributed by atoms with Gasteiger partial charge in [-0.1, -0.05) is 6.07 Å². The minimum absolute atomic E-state index is 0.0332. The molecule has 0 atom stereocenters. The summed E-state index contributed by atoms with van der Waals surface area (Å²) >= 11 is 3.26. The summed E-state index contributed by atoms with van der Waals surface area (Å²) in [6, 6.07) is 5.10. The van der Waals surface area contributed by atoms with Gasteiger partial charge in [-0.15, -0.1) is 0 Å². The average molecular weight is 284 g/mol. The summed E-state index contributed by atoms with van der Waals surface area (Å²) < 4.78 is 0.634. The maximum absolute atomic E-state index is 11.9. The molecule has 0 aliphatic carbocycles. The van der Waals surface area contributed by atoms with Gasteiger partial charge in [0.1, 0.15) is 0 Å². The normalized spacial score (nSPS) is 14.5. The zero-order valence-corrected chi connectivity index (χ0v) is 10.0. The predicted molar refractivity (Wildman–Crippen MR) is 61.2 cm³/mol. The van der Waals surface area contributed by atoms with Crippen molar-refractivity contribution in [2.24, 2.45) is 0 Å². The molecular weight excluding hydrogens is 274 g/mol. The van der Waals surface area contributed by atoms with E-state index >= 15 is 0 Å². The van der Waals surface area contributed by atoms with E-state index in [4.69, 9.17) is 5.11 Å². The number of aliphatic hydroxyl groups excluding tert-OH is 1. The monoisotopic (exact) mass is 283 g/mol. The van der Waals surface area contributed by atoms with Crippen LogP contribution in [-0.2, 0) is 0 Å². The molecule has 1 aliphatic heterocycles. The molecule has 0 bridgehead atoms. The van der Waals surface area contributed by atoms with Crippen molar-refractivity contribution in [2.45, 2.75) is 6.42 Å². The molecule has 0 spiro atoms. The molecule has 1 aliphatic rings. The summed E-state index contributed by atoms with van der Waals surface area (Å²) in [4.78, 5) is 25.0. The molecule has 0 unspecified atom stereocenters. The summed E-state index contributed by atoms with van der Waals surface area (Å²) in [5, 5.41) is 8.71. The Morgan fingerprint density at radius 3 is 2.62 bits per heavy atom. The predicted octanol–water partition coefficient (Wildman–Crippen LogP) is 1.43. The van der Waals surface area contributed by atoms with Gasteiger partial charge in [0, 0.05) is 17.6 Å². The van der Waals surface area contributed by atoms with E-state index < -0.39 is 0 Å². The first-order valence-corrected chi connectivity index (χ1v) is 5.71. The van der Waals surface area contributed by atoms with Crippen molar-refractivity contribution in [2.75, 3.05) is 13.2 Å². The molecule has 4 nitrogen and oxygen atoms in total. The number of benzene rings is 1. The van der Waals surface area contributed by atoms with Gasteiger partial charge in [0.15, 0.2) is 0 Å². The van der Waals surface area contributed by atoms with Gasteiger partial charge in [0.2, 0.25) is 0 Å². The Hall–Kier alpha value is -1.20. The second kappa shape index (κ2) is 4.35. The van der Waals surface area contributed by atoms with Gasteiger partial charge in [-0.2, -0.15) is 0 Å². The van der Waals surface area contributed by atoms with Crippen molar-refractivity contribution >= 4 is 27.7 Å². The highest BCUT2D eigenvalue weighted by atomic mass is 79.9. The second-order valence-electron chi connectivity index (χ2n) is 3.50. The van der Waals surface area contributed by atoms with Crippen LogP contribution in [-0.4, -0.2) is 35.0 Å². The van der Waals surface area contributed by atoms with Gasteiger partial charge in [-0.3, -0.25) is 14.5 Å². The fourth-order valence-electron chi connectivity index (χ4n) is 1.72. The fraction of sp³-hybridized carbons (Fsp3) is 0.273. The molecule has 16 heavy (non-hydrogen) atoms. The first-order chi connectivity index (χ1) is 7.66. The number of fused-ring (bicyclic) bond motifs is 1. The SMILES string of the molecule is O=C1c2cccc(Br)c2C(=O)N1CCCO. The largest absolute Gasteiger partial charge is 0.396 e. The van der Waals surface area contributed by atoms with Crippen LogP contribution in [0.5, 0.6) is 0 Å². The van der Waals surface area contributed by atoms with Gasteiger partial charge >= 0.3 is 0 Å². The number of nitrogens with zero attached hydrogens (tertiary/aromatic N) is 1. The quantitative estimate of drug-likeness (QED) is 0.854. The summed E-state index contributed by atoms with van der Waals surface area (Å²) in [6.45, 7) is 0.226. The van der Waals surface area contributed by atoms with Crippen LogP contribution in [0, 0.1) is 0 Å². The van der Waals surface area contributed by atoms with Crippen molar-refractivity contribution in [3.8, 4) is 0 Å². The Kier molecular flexibility index (Phi) is 3.07. The molecule has 5 heteroatoms. The molecular formula is C11H10BrNO3. The maximum Gasteiger partial charge on any atom is 0.262 e. The molecule has 1 aromatic carbocycles. The molecule has 1 heterocycles. The summed E-state index contributed by atoms with van der Waals surface area (Å²) in [5.74, 6) is -0.573. The molecule has 0 fully saturated rings. The van der Waals surface area contributed by atoms with Crippen LogP contribution >= 0.6 is 15.9 Å². The third-order valence-electron chi connectivity index (χ3n) is 2.49. The van der Waals surface area contributed by atoms with Crippen molar-refractivity contribution in [3.05, 3.63) is 33.8 Å². The van der Waals surface area contributed by atoms with E-state index in [2.05, 4.69) is 15.9 Å². The lowest BCUT2D eigenvalue weighted by Gasteiger charge is -2.12. The molecule has 0 aromatic heterocycles. The molecule has 2 amide bonds. The van der Waals surface area contributed by atoms with Crippen LogP contribution < -0.4 is 0 Å². The highest BCUT2D eigenvalue weighted by Gasteiger charge is 2.36. The van der Waals surface area contributed by atoms with Crippen LogP contribution in [0.25, 0.3) is 0 Å². The molecule has 0 saturated carbocycles. The Labute approximate surface area is 101 Å². The topological polar surface area (TPSA) is 57.6 Å². The number of hydrogen-bond donors (Lipinski definition) is 1. The number of carbonyl (C=O) groups excluding carboxylic acids is 2. The highest BCUT2D eigenvalue weighted by molar-refractivity contribution is 9.10. The fourth-order valence-corrected chi connectivity index (χ4v) is 2.26. The number of imide groups is 1. The van der Waals surface area contributed by atoms with Crippen LogP contribution in [0.4, 0.5) is 0 Å². The van der Waals surface area contributed by atoms with Gasteiger partial charge in [-0.25, -0.2) is 0 Å². The number of halogens is 1. The molecule has 0 radical (unpaired) electrons. The van der Waals surface area contributed by atoms with Crippen molar-refractivity contribution in [3.63, 3.8) is 0 Å². The van der Waals surface area contributed by atoms with Crippen LogP contribution in [0.3, 0.4) is 0 Å². The molecule has 84 valence electrons. The minimum Gasteiger partial charge on any atom is -0.396 e. The zero-order valence-electron chi connectivity index (χ0n) is 8.44. The number of amides is 2. The lowest BCUT2D eigenvalue weighted by atomic mass is 10.1. The number of rotatable bonds is 3. The zero-order chi connectivity index (χ0) is 11.7. The maximum atomic E-state index is 11.9. The van der Waals surface area contributed by atoms with E-state index in [1.165, 1.54) is 4.90 Å². The van der Waals surface area contributed by atoms with Crippen molar-refractivity contribution < 1.29 is 14.7 Å². The van der Waals surface area contributed by atoms with E-state index in [1.54, 1.807) is 18.2 Å². The van der Waals surface area contributed by atoms with Crippen LogP contribution in [0.15, 0.2) is 22.7 Å². The van der Waals surface area contributed by atoms with Crippen molar-refractivity contribution in [1.82, 2.24) is 4.90 Å². The molecule has 2 rings (SSSR count). The van der Waals surface area contributed by atoms with E-state index in [-0.39, 0.29) is 25.0 Å². The summed E-state index contributed by atoms with van der Waals surface area (Å²) in [6.07, 6.45) is 0.406. The summed E-state index contributed by atoms with van der Waals surface area (Å²) in [5.41, 5.74) is 0.850. The van der Waals surface area contributed by atoms with Gasteiger partial charge < -0.3 is 5.11 Å². The minimum atomic E-state index is -0.291. The lowest BCUT2D eigenvalue weighted by molar-refractivity contribution is 0.0645. The van der Waals surface area contributed by atoms with Crippen LogP contribution in [0.1, 0.15) is 27.1 Å². The molecule has 1 N–H and O–H groups in total. The third kappa shape index (κ3) is 1.66. The summed E-state index contributed by atoms with van der Waals surface area (Å²) in [7, 11) is 0. The van der Waals surface area contributed by atoms with E-state index in [9.17, 15) is 9.59 Å². The lowest BCUT2D eigenvalue weighted by Crippen LogP contribution is -2.31. The average Bonchev–Trinajstić information content (AvgIpc) is 2.51. The van der Waals surface area contributed by atoms with E-state index in [0.29, 0.717) is 22.0 Å². The Morgan fingerprint density at radius 1 is 1.25 bits per heavy atom. The Bertz CT molecular complexity index is 459. The van der Waals surface area contributed by atoms with E-state index in [1.807, 2.05) is 0 Å². The van der Waals surface area contributed by atoms with Gasteiger partial charge in [0.05, 0.1) is 11.1 Å². The number of aliphatic hydroxyl groups is 1. The molecule has 0 saturated heterocycles. The molecule has 1 aromatic rings. The smallest absolute Gasteiger partial charge is 0.262 e. The number of carbonyl (C=O) groups is 2. The van der Waals surface area contributed by atoms with Gasteiger partial charge in [-0.05, 0) is 34.5 Å². The van der Waals surface area contributed by atoms with E-state index in [0.717, 1.165) is 0 Å². The van der Waals surface area contributed by atoms with Gasteiger partial charge in [0.25, 0.3) is 11.8 Å². The standard InChI is InChI=1S/C11H10BrNO3/c12-8-4-1-3-7-9(8)11(16)13(10(7)15)5-2-6-14/h1,3-4,14H,2,5-6H2. The first-order valence-electron chi connectivity index (χ1n) is 4.92. The Morgan fingerprint density at radius 2 is 2.00 bits per heavy atom.